The van der Waals surface area contributed by atoms with Crippen molar-refractivity contribution in [1.82, 2.24) is 10.2 Å². The van der Waals surface area contributed by atoms with Gasteiger partial charge in [-0.2, -0.15) is 0 Å². The molecule has 1 saturated heterocycles. The van der Waals surface area contributed by atoms with Gasteiger partial charge < -0.3 is 5.32 Å². The summed E-state index contributed by atoms with van der Waals surface area (Å²) in [5, 5.41) is 3.75. The molecule has 0 aromatic rings. The lowest BCUT2D eigenvalue weighted by molar-refractivity contribution is 0.0953. The molecule has 2 unspecified atom stereocenters. The number of rotatable bonds is 7. The monoisotopic (exact) mass is 252 g/mol. The maximum Gasteiger partial charge on any atom is 0.0219 e. The normalized spacial score (nSPS) is 31.5. The average Bonchev–Trinajstić information content (AvgIpc) is 3.10. The maximum atomic E-state index is 3.75. The molecule has 2 heteroatoms. The van der Waals surface area contributed by atoms with E-state index in [4.69, 9.17) is 0 Å². The first-order valence-corrected chi connectivity index (χ1v) is 8.20. The van der Waals surface area contributed by atoms with E-state index in [2.05, 4.69) is 31.0 Å². The van der Waals surface area contributed by atoms with Gasteiger partial charge in [-0.05, 0) is 37.5 Å². The fourth-order valence-electron chi connectivity index (χ4n) is 3.69. The van der Waals surface area contributed by atoms with E-state index in [1.54, 1.807) is 0 Å². The first kappa shape index (κ1) is 14.3. The Morgan fingerprint density at radius 1 is 1.17 bits per heavy atom. The molecular weight excluding hydrogens is 220 g/mol. The van der Waals surface area contributed by atoms with Crippen LogP contribution in [-0.2, 0) is 0 Å². The summed E-state index contributed by atoms with van der Waals surface area (Å²) in [5.74, 6) is 0. The number of hydrogen-bond acceptors (Lipinski definition) is 2. The van der Waals surface area contributed by atoms with Crippen molar-refractivity contribution in [1.29, 1.82) is 0 Å². The highest BCUT2D eigenvalue weighted by molar-refractivity contribution is 4.98. The Bertz CT molecular complexity index is 247. The van der Waals surface area contributed by atoms with Gasteiger partial charge in [-0.3, -0.25) is 4.90 Å². The van der Waals surface area contributed by atoms with Gasteiger partial charge in [0.05, 0.1) is 0 Å². The van der Waals surface area contributed by atoms with Crippen LogP contribution in [0.2, 0.25) is 0 Å². The molecule has 0 radical (unpaired) electrons. The lowest BCUT2D eigenvalue weighted by Crippen LogP contribution is -2.57. The Morgan fingerprint density at radius 2 is 1.94 bits per heavy atom. The van der Waals surface area contributed by atoms with Gasteiger partial charge in [0.25, 0.3) is 0 Å². The first-order valence-electron chi connectivity index (χ1n) is 8.20. The van der Waals surface area contributed by atoms with Crippen LogP contribution in [0.25, 0.3) is 0 Å². The summed E-state index contributed by atoms with van der Waals surface area (Å²) in [5.41, 5.74) is 0.719. The van der Waals surface area contributed by atoms with Crippen molar-refractivity contribution in [3.05, 3.63) is 0 Å². The molecule has 106 valence electrons. The van der Waals surface area contributed by atoms with Gasteiger partial charge in [-0.25, -0.2) is 0 Å². The average molecular weight is 252 g/mol. The van der Waals surface area contributed by atoms with Crippen LogP contribution in [0.4, 0.5) is 0 Å². The van der Waals surface area contributed by atoms with Gasteiger partial charge in [0.15, 0.2) is 0 Å². The van der Waals surface area contributed by atoms with Crippen LogP contribution in [0.15, 0.2) is 0 Å². The van der Waals surface area contributed by atoms with Crippen molar-refractivity contribution in [3.8, 4) is 0 Å². The van der Waals surface area contributed by atoms with E-state index in [0.29, 0.717) is 0 Å². The summed E-state index contributed by atoms with van der Waals surface area (Å²) in [7, 11) is 0. The largest absolute Gasteiger partial charge is 0.311 e. The van der Waals surface area contributed by atoms with Crippen LogP contribution in [0.1, 0.15) is 65.7 Å². The molecule has 1 heterocycles. The third-order valence-electron chi connectivity index (χ3n) is 5.00. The summed E-state index contributed by atoms with van der Waals surface area (Å²) < 4.78 is 0. The second kappa shape index (κ2) is 6.38. The molecule has 0 aromatic heterocycles. The quantitative estimate of drug-likeness (QED) is 0.747. The van der Waals surface area contributed by atoms with Crippen molar-refractivity contribution in [2.75, 3.05) is 19.6 Å². The number of piperazine rings is 1. The van der Waals surface area contributed by atoms with E-state index >= 15 is 0 Å². The van der Waals surface area contributed by atoms with E-state index in [0.717, 1.165) is 17.5 Å². The molecule has 0 amide bonds. The summed E-state index contributed by atoms with van der Waals surface area (Å²) in [6, 6.07) is 1.53. The minimum atomic E-state index is 0.719. The molecule has 2 atom stereocenters. The maximum absolute atomic E-state index is 3.75. The third-order valence-corrected chi connectivity index (χ3v) is 5.00. The molecule has 2 nitrogen and oxygen atoms in total. The van der Waals surface area contributed by atoms with E-state index in [9.17, 15) is 0 Å². The van der Waals surface area contributed by atoms with Crippen molar-refractivity contribution in [2.24, 2.45) is 5.41 Å². The number of hydrogen-bond donors (Lipinski definition) is 1. The van der Waals surface area contributed by atoms with Gasteiger partial charge in [0, 0.05) is 31.7 Å². The van der Waals surface area contributed by atoms with E-state index in [1.807, 2.05) is 0 Å². The molecule has 1 aliphatic heterocycles. The zero-order valence-electron chi connectivity index (χ0n) is 12.7. The Kier molecular flexibility index (Phi) is 5.08. The minimum absolute atomic E-state index is 0.719. The molecule has 1 N–H and O–H groups in total. The second-order valence-corrected chi connectivity index (χ2v) is 6.64. The van der Waals surface area contributed by atoms with E-state index in [1.165, 1.54) is 64.6 Å². The minimum Gasteiger partial charge on any atom is -0.311 e. The second-order valence-electron chi connectivity index (χ2n) is 6.64. The molecule has 2 aliphatic rings. The molecule has 0 bridgehead atoms. The zero-order chi connectivity index (χ0) is 13.0. The van der Waals surface area contributed by atoms with Gasteiger partial charge in [0.1, 0.15) is 0 Å². The van der Waals surface area contributed by atoms with Crippen LogP contribution < -0.4 is 5.32 Å². The molecule has 18 heavy (non-hydrogen) atoms. The van der Waals surface area contributed by atoms with Crippen molar-refractivity contribution >= 4 is 0 Å². The van der Waals surface area contributed by atoms with Crippen LogP contribution in [0, 0.1) is 5.41 Å². The van der Waals surface area contributed by atoms with Crippen LogP contribution in [0.5, 0.6) is 0 Å². The predicted octanol–water partition coefficient (Wildman–Crippen LogP) is 3.42. The predicted molar refractivity (Wildman–Crippen MR) is 78.9 cm³/mol. The lowest BCUT2D eigenvalue weighted by Gasteiger charge is -2.42. The highest BCUT2D eigenvalue weighted by Gasteiger charge is 2.44. The Balaban J connectivity index is 1.89. The topological polar surface area (TPSA) is 15.3 Å². The highest BCUT2D eigenvalue weighted by Crippen LogP contribution is 2.50. The Morgan fingerprint density at radius 3 is 2.50 bits per heavy atom. The van der Waals surface area contributed by atoms with Gasteiger partial charge in [0.2, 0.25) is 0 Å². The zero-order valence-corrected chi connectivity index (χ0v) is 12.7. The van der Waals surface area contributed by atoms with Crippen molar-refractivity contribution in [2.45, 2.75) is 77.8 Å². The summed E-state index contributed by atoms with van der Waals surface area (Å²) in [4.78, 5) is 2.82. The van der Waals surface area contributed by atoms with Crippen LogP contribution in [0.3, 0.4) is 0 Å². The van der Waals surface area contributed by atoms with Gasteiger partial charge >= 0.3 is 0 Å². The fourth-order valence-corrected chi connectivity index (χ4v) is 3.69. The molecular formula is C16H32N2. The summed E-state index contributed by atoms with van der Waals surface area (Å²) in [6.07, 6.45) is 9.73. The standard InChI is InChI=1S/C16H32N2/c1-4-7-14-12-18(15(6-3)11-17-14)13-16(8-5-2)9-10-16/h14-15,17H,4-13H2,1-3H3. The highest BCUT2D eigenvalue weighted by atomic mass is 15.2. The fraction of sp³-hybridized carbons (Fsp3) is 1.00. The molecule has 1 aliphatic carbocycles. The van der Waals surface area contributed by atoms with E-state index < -0.39 is 0 Å². The third kappa shape index (κ3) is 3.48. The molecule has 2 rings (SSSR count). The summed E-state index contributed by atoms with van der Waals surface area (Å²) >= 11 is 0. The molecule has 0 spiro atoms. The summed E-state index contributed by atoms with van der Waals surface area (Å²) in [6.45, 7) is 10.9. The number of nitrogens with one attached hydrogen (secondary N) is 1. The molecule has 2 fully saturated rings. The SMILES string of the molecule is CCCC1CN(CC2(CCC)CC2)C(CC)CN1. The first-order chi connectivity index (χ1) is 8.73. The Labute approximate surface area is 114 Å². The Hall–Kier alpha value is -0.0800. The van der Waals surface area contributed by atoms with Crippen molar-refractivity contribution in [3.63, 3.8) is 0 Å². The lowest BCUT2D eigenvalue weighted by atomic mass is 9.96. The molecule has 0 aromatic carbocycles. The number of nitrogens with zero attached hydrogens (tertiary/aromatic N) is 1. The van der Waals surface area contributed by atoms with Crippen molar-refractivity contribution < 1.29 is 0 Å². The van der Waals surface area contributed by atoms with Crippen LogP contribution in [-0.4, -0.2) is 36.6 Å². The van der Waals surface area contributed by atoms with E-state index in [-0.39, 0.29) is 0 Å². The van der Waals surface area contributed by atoms with Crippen LogP contribution >= 0.6 is 0 Å². The van der Waals surface area contributed by atoms with Gasteiger partial charge in [-0.15, -0.1) is 0 Å². The van der Waals surface area contributed by atoms with Gasteiger partial charge in [-0.1, -0.05) is 33.6 Å². The molecule has 1 saturated carbocycles. The smallest absolute Gasteiger partial charge is 0.0219 e.